The van der Waals surface area contributed by atoms with E-state index in [9.17, 15) is 0 Å². The summed E-state index contributed by atoms with van der Waals surface area (Å²) in [4.78, 5) is 3.92. The Labute approximate surface area is 123 Å². The molecule has 2 aromatic rings. The van der Waals surface area contributed by atoms with Gasteiger partial charge in [0, 0.05) is 42.9 Å². The van der Waals surface area contributed by atoms with Crippen molar-refractivity contribution in [1.82, 2.24) is 19.5 Å². The van der Waals surface area contributed by atoms with Gasteiger partial charge in [0.2, 0.25) is 0 Å². The van der Waals surface area contributed by atoms with Crippen molar-refractivity contribution >= 4 is 17.4 Å². The molecule has 0 unspecified atom stereocenters. The normalized spacial score (nSPS) is 17.2. The maximum absolute atomic E-state index is 4.15. The topological polar surface area (TPSA) is 53.9 Å². The second-order valence-electron chi connectivity index (χ2n) is 5.10. The Bertz CT molecular complexity index is 494. The number of aromatic nitrogens is 3. The molecule has 106 valence electrons. The number of nitrogens with zero attached hydrogens (tertiary/aromatic N) is 4. The predicted molar refractivity (Wildman–Crippen MR) is 80.9 cm³/mol. The highest BCUT2D eigenvalue weighted by Crippen LogP contribution is 2.15. The van der Waals surface area contributed by atoms with Gasteiger partial charge in [0.25, 0.3) is 0 Å². The molecule has 0 spiro atoms. The molecule has 1 saturated heterocycles. The van der Waals surface area contributed by atoms with Gasteiger partial charge < -0.3 is 10.2 Å². The highest BCUT2D eigenvalue weighted by molar-refractivity contribution is 7.05. The summed E-state index contributed by atoms with van der Waals surface area (Å²) in [5.74, 6) is 0.885. The van der Waals surface area contributed by atoms with E-state index < -0.39 is 0 Å². The summed E-state index contributed by atoms with van der Waals surface area (Å²) in [6.45, 7) is 3.44. The van der Waals surface area contributed by atoms with Crippen molar-refractivity contribution in [2.45, 2.75) is 25.3 Å². The first-order valence-electron chi connectivity index (χ1n) is 7.06. The summed E-state index contributed by atoms with van der Waals surface area (Å²) in [5, 5.41) is 11.4. The third-order valence-corrected chi connectivity index (χ3v) is 4.48. The fourth-order valence-electron chi connectivity index (χ4n) is 2.53. The van der Waals surface area contributed by atoms with Crippen LogP contribution in [0.3, 0.4) is 0 Å². The number of likely N-dealkylation sites (tertiary alicyclic amines) is 1. The van der Waals surface area contributed by atoms with Gasteiger partial charge in [-0.3, -0.25) is 0 Å². The van der Waals surface area contributed by atoms with Gasteiger partial charge in [-0.15, -0.1) is 5.10 Å². The maximum atomic E-state index is 4.15. The number of hydrogen-bond donors (Lipinski definition) is 1. The van der Waals surface area contributed by atoms with E-state index in [0.717, 1.165) is 31.9 Å². The first-order valence-corrected chi connectivity index (χ1v) is 7.83. The largest absolute Gasteiger partial charge is 0.366 e. The van der Waals surface area contributed by atoms with Crippen LogP contribution in [0.15, 0.2) is 30.6 Å². The molecular weight excluding hydrogens is 270 g/mol. The number of hydrogen-bond acceptors (Lipinski definition) is 6. The minimum atomic E-state index is 0.520. The van der Waals surface area contributed by atoms with Crippen LogP contribution in [0.4, 0.5) is 5.82 Å². The fourth-order valence-corrected chi connectivity index (χ4v) is 3.09. The number of piperidine rings is 1. The van der Waals surface area contributed by atoms with Crippen LogP contribution < -0.4 is 5.32 Å². The minimum absolute atomic E-state index is 0.520. The SMILES string of the molecule is c1cnnc(NC2CCN(CCc3ccns3)CC2)c1. The predicted octanol–water partition coefficient (Wildman–Crippen LogP) is 2.05. The zero-order valence-corrected chi connectivity index (χ0v) is 12.2. The highest BCUT2D eigenvalue weighted by atomic mass is 32.1. The summed E-state index contributed by atoms with van der Waals surface area (Å²) in [6, 6.07) is 6.53. The van der Waals surface area contributed by atoms with Crippen LogP contribution in [-0.2, 0) is 6.42 Å². The first kappa shape index (κ1) is 13.5. The molecule has 1 N–H and O–H groups in total. The molecule has 0 radical (unpaired) electrons. The molecule has 1 fully saturated rings. The van der Waals surface area contributed by atoms with Gasteiger partial charge in [-0.2, -0.15) is 5.10 Å². The van der Waals surface area contributed by atoms with Crippen LogP contribution >= 0.6 is 11.5 Å². The molecule has 0 saturated carbocycles. The Kier molecular flexibility index (Phi) is 4.55. The third-order valence-electron chi connectivity index (χ3n) is 3.68. The lowest BCUT2D eigenvalue weighted by atomic mass is 10.0. The molecule has 1 aliphatic rings. The maximum Gasteiger partial charge on any atom is 0.148 e. The van der Waals surface area contributed by atoms with Gasteiger partial charge in [0.15, 0.2) is 0 Å². The Morgan fingerprint density at radius 3 is 2.85 bits per heavy atom. The molecule has 2 aromatic heterocycles. The lowest BCUT2D eigenvalue weighted by molar-refractivity contribution is 0.222. The van der Waals surface area contributed by atoms with E-state index >= 15 is 0 Å². The second kappa shape index (κ2) is 6.76. The minimum Gasteiger partial charge on any atom is -0.366 e. The van der Waals surface area contributed by atoms with Gasteiger partial charge in [-0.25, -0.2) is 4.37 Å². The number of rotatable bonds is 5. The van der Waals surface area contributed by atoms with Gasteiger partial charge in [-0.1, -0.05) is 0 Å². The summed E-state index contributed by atoms with van der Waals surface area (Å²) in [7, 11) is 0. The molecule has 20 heavy (non-hydrogen) atoms. The van der Waals surface area contributed by atoms with Gasteiger partial charge >= 0.3 is 0 Å². The van der Waals surface area contributed by atoms with E-state index in [1.54, 1.807) is 17.7 Å². The summed E-state index contributed by atoms with van der Waals surface area (Å²) in [6.07, 6.45) is 7.04. The van der Waals surface area contributed by atoms with Crippen molar-refractivity contribution in [2.75, 3.05) is 25.0 Å². The standard InChI is InChI=1S/C14H19N5S/c1-2-14(18-15-7-1)17-12-4-9-19(10-5-12)11-6-13-3-8-16-20-13/h1-3,7-8,12H,4-6,9-11H2,(H,17,18). The van der Waals surface area contributed by atoms with Gasteiger partial charge in [0.05, 0.1) is 0 Å². The molecular formula is C14H19N5S. The summed E-state index contributed by atoms with van der Waals surface area (Å²) in [5.41, 5.74) is 0. The van der Waals surface area contributed by atoms with Crippen molar-refractivity contribution in [3.63, 3.8) is 0 Å². The average Bonchev–Trinajstić information content (AvgIpc) is 3.01. The van der Waals surface area contributed by atoms with Crippen LogP contribution in [0.1, 0.15) is 17.7 Å². The molecule has 0 aliphatic carbocycles. The van der Waals surface area contributed by atoms with Crippen molar-refractivity contribution in [1.29, 1.82) is 0 Å². The Morgan fingerprint density at radius 2 is 2.15 bits per heavy atom. The van der Waals surface area contributed by atoms with E-state index in [1.165, 1.54) is 17.7 Å². The smallest absolute Gasteiger partial charge is 0.148 e. The molecule has 6 heteroatoms. The average molecular weight is 289 g/mol. The monoisotopic (exact) mass is 289 g/mol. The lowest BCUT2D eigenvalue weighted by Gasteiger charge is -2.32. The summed E-state index contributed by atoms with van der Waals surface area (Å²) >= 11 is 1.61. The molecule has 3 heterocycles. The van der Waals surface area contributed by atoms with Crippen molar-refractivity contribution in [3.8, 4) is 0 Å². The van der Waals surface area contributed by atoms with E-state index in [-0.39, 0.29) is 0 Å². The third kappa shape index (κ3) is 3.74. The molecule has 5 nitrogen and oxygen atoms in total. The van der Waals surface area contributed by atoms with Crippen LogP contribution in [0.25, 0.3) is 0 Å². The zero-order chi connectivity index (χ0) is 13.6. The number of nitrogens with one attached hydrogen (secondary N) is 1. The molecule has 0 aromatic carbocycles. The van der Waals surface area contributed by atoms with E-state index in [0.29, 0.717) is 6.04 Å². The second-order valence-corrected chi connectivity index (χ2v) is 6.02. The molecule has 0 bridgehead atoms. The lowest BCUT2D eigenvalue weighted by Crippen LogP contribution is -2.40. The van der Waals surface area contributed by atoms with Crippen LogP contribution in [-0.4, -0.2) is 45.1 Å². The highest BCUT2D eigenvalue weighted by Gasteiger charge is 2.19. The molecule has 1 aliphatic heterocycles. The Hall–Kier alpha value is -1.53. The van der Waals surface area contributed by atoms with Crippen molar-refractivity contribution < 1.29 is 0 Å². The van der Waals surface area contributed by atoms with Crippen molar-refractivity contribution in [2.24, 2.45) is 0 Å². The fraction of sp³-hybridized carbons (Fsp3) is 0.500. The zero-order valence-electron chi connectivity index (χ0n) is 11.4. The first-order chi connectivity index (χ1) is 9.90. The van der Waals surface area contributed by atoms with Crippen LogP contribution in [0, 0.1) is 0 Å². The van der Waals surface area contributed by atoms with Crippen LogP contribution in [0.2, 0.25) is 0 Å². The molecule has 0 amide bonds. The Balaban J connectivity index is 1.40. The van der Waals surface area contributed by atoms with E-state index in [2.05, 4.69) is 30.9 Å². The Morgan fingerprint density at radius 1 is 1.25 bits per heavy atom. The summed E-state index contributed by atoms with van der Waals surface area (Å²) < 4.78 is 4.15. The van der Waals surface area contributed by atoms with Gasteiger partial charge in [-0.05, 0) is 49.0 Å². The molecule has 3 rings (SSSR count). The van der Waals surface area contributed by atoms with Crippen molar-refractivity contribution in [3.05, 3.63) is 35.5 Å². The van der Waals surface area contributed by atoms with E-state index in [1.807, 2.05) is 18.3 Å². The van der Waals surface area contributed by atoms with Gasteiger partial charge in [0.1, 0.15) is 5.82 Å². The quantitative estimate of drug-likeness (QED) is 0.913. The van der Waals surface area contributed by atoms with Crippen LogP contribution in [0.5, 0.6) is 0 Å². The number of anilines is 1. The molecule has 0 atom stereocenters. The van der Waals surface area contributed by atoms with E-state index in [4.69, 9.17) is 0 Å².